The van der Waals surface area contributed by atoms with Crippen LogP contribution in [0.5, 0.6) is 0 Å². The van der Waals surface area contributed by atoms with E-state index in [1.165, 1.54) is 23.9 Å². The van der Waals surface area contributed by atoms with Crippen LogP contribution in [-0.2, 0) is 24.4 Å². The molecule has 5 N–H and O–H groups in total. The topological polar surface area (TPSA) is 171 Å². The van der Waals surface area contributed by atoms with Crippen molar-refractivity contribution in [2.24, 2.45) is 11.8 Å². The number of hydrogen-bond donors (Lipinski definition) is 5. The molecule has 4 atom stereocenters. The second-order valence-electron chi connectivity index (χ2n) is 10.3. The number of thioether (sulfide) groups is 1. The Bertz CT molecular complexity index is 1080. The van der Waals surface area contributed by atoms with Gasteiger partial charge in [0.25, 0.3) is 10.1 Å². The van der Waals surface area contributed by atoms with E-state index in [-0.39, 0.29) is 37.1 Å². The minimum Gasteiger partial charge on any atom is -0.448 e. The zero-order valence-electron chi connectivity index (χ0n) is 21.8. The lowest BCUT2D eigenvalue weighted by molar-refractivity contribution is -0.126. The van der Waals surface area contributed by atoms with E-state index in [0.29, 0.717) is 13.0 Å². The number of aliphatic hydroxyl groups excluding tert-OH is 1. The molecule has 2 rings (SSSR count). The maximum atomic E-state index is 13.2. The summed E-state index contributed by atoms with van der Waals surface area (Å²) >= 11 is 1.37. The van der Waals surface area contributed by atoms with E-state index in [9.17, 15) is 36.9 Å². The van der Waals surface area contributed by atoms with Crippen molar-refractivity contribution in [2.75, 3.05) is 13.2 Å². The van der Waals surface area contributed by atoms with Crippen molar-refractivity contribution in [3.8, 4) is 0 Å². The molecule has 1 heterocycles. The molecule has 11 nitrogen and oxygen atoms in total. The number of nitrogens with one attached hydrogen (secondary N) is 3. The van der Waals surface area contributed by atoms with E-state index < -0.39 is 50.3 Å². The van der Waals surface area contributed by atoms with E-state index in [4.69, 9.17) is 4.74 Å². The predicted molar refractivity (Wildman–Crippen MR) is 139 cm³/mol. The molecule has 0 unspecified atom stereocenters. The molecule has 0 bridgehead atoms. The highest BCUT2D eigenvalue weighted by Crippen LogP contribution is 2.32. The molecule has 1 saturated heterocycles. The van der Waals surface area contributed by atoms with Crippen LogP contribution in [0, 0.1) is 17.7 Å². The fraction of sp³-hybridized carbons (Fsp3) is 0.625. The highest BCUT2D eigenvalue weighted by atomic mass is 32.2. The number of hydrogen-bond acceptors (Lipinski definition) is 8. The van der Waals surface area contributed by atoms with Gasteiger partial charge < -0.3 is 25.8 Å². The largest absolute Gasteiger partial charge is 0.448 e. The smallest absolute Gasteiger partial charge is 0.407 e. The Morgan fingerprint density at radius 1 is 1.24 bits per heavy atom. The Morgan fingerprint density at radius 2 is 1.87 bits per heavy atom. The van der Waals surface area contributed by atoms with Gasteiger partial charge in [0.2, 0.25) is 17.3 Å². The Hall–Kier alpha value is -2.42. The first kappa shape index (κ1) is 31.8. The van der Waals surface area contributed by atoms with Gasteiger partial charge in [0.15, 0.2) is 0 Å². The first-order valence-corrected chi connectivity index (χ1v) is 14.5. The van der Waals surface area contributed by atoms with Crippen molar-refractivity contribution in [2.45, 2.75) is 74.1 Å². The van der Waals surface area contributed by atoms with Crippen molar-refractivity contribution < 1.29 is 41.6 Å². The van der Waals surface area contributed by atoms with Crippen LogP contribution < -0.4 is 16.0 Å². The molecule has 0 aliphatic carbocycles. The van der Waals surface area contributed by atoms with Crippen LogP contribution in [0.4, 0.5) is 9.18 Å². The summed E-state index contributed by atoms with van der Waals surface area (Å²) in [6.07, 6.45) is -0.588. The second-order valence-corrected chi connectivity index (χ2v) is 13.5. The summed E-state index contributed by atoms with van der Waals surface area (Å²) in [4.78, 5) is 38.4. The molecule has 1 aromatic carbocycles. The lowest BCUT2D eigenvalue weighted by atomic mass is 9.97. The van der Waals surface area contributed by atoms with Crippen LogP contribution in [0.3, 0.4) is 0 Å². The molecule has 3 amide bonds. The van der Waals surface area contributed by atoms with Crippen molar-refractivity contribution >= 4 is 39.8 Å². The summed E-state index contributed by atoms with van der Waals surface area (Å²) in [5.74, 6) is -2.26. The highest BCUT2D eigenvalue weighted by molar-refractivity contribution is 8.00. The molecule has 1 aliphatic rings. The van der Waals surface area contributed by atoms with Crippen molar-refractivity contribution in [3.05, 3.63) is 30.1 Å². The van der Waals surface area contributed by atoms with Gasteiger partial charge in [0.1, 0.15) is 18.5 Å². The van der Waals surface area contributed by atoms with Gasteiger partial charge in [0.05, 0.1) is 6.04 Å². The number of benzene rings is 1. The summed E-state index contributed by atoms with van der Waals surface area (Å²) in [5, 5.41) is 17.6. The number of rotatable bonds is 13. The summed E-state index contributed by atoms with van der Waals surface area (Å²) in [7, 11) is -4.96. The standard InChI is InChI=1S/C24H36FN3O8S2/c1-14(2)11-18(28-23(32)36-13-24(3,4)37-17-7-5-16(25)6-8-17)21(30)27-19(22(31)38(33,34)35)12-15-9-10-26-20(15)29/h5-8,14-15,18-19,22,31H,9-13H2,1-4H3,(H,26,29)(H,27,30)(H,28,32)(H,33,34,35)/t15-,18-,19-,22+/m0/s1. The Balaban J connectivity index is 2.05. The predicted octanol–water partition coefficient (Wildman–Crippen LogP) is 2.05. The quantitative estimate of drug-likeness (QED) is 0.174. The minimum atomic E-state index is -4.96. The number of carbonyl (C=O) groups excluding carboxylic acids is 3. The van der Waals surface area contributed by atoms with Crippen LogP contribution in [0.15, 0.2) is 29.2 Å². The molecule has 1 aromatic rings. The summed E-state index contributed by atoms with van der Waals surface area (Å²) < 4.78 is 50.5. The molecule has 0 aromatic heterocycles. The number of amides is 3. The molecule has 38 heavy (non-hydrogen) atoms. The van der Waals surface area contributed by atoms with Gasteiger partial charge in [-0.25, -0.2) is 9.18 Å². The van der Waals surface area contributed by atoms with E-state index in [1.807, 2.05) is 27.7 Å². The van der Waals surface area contributed by atoms with Crippen molar-refractivity contribution in [1.29, 1.82) is 0 Å². The molecule has 14 heteroatoms. The molecular weight excluding hydrogens is 541 g/mol. The van der Waals surface area contributed by atoms with Gasteiger partial charge in [-0.1, -0.05) is 13.8 Å². The van der Waals surface area contributed by atoms with Crippen LogP contribution in [0.1, 0.15) is 47.0 Å². The van der Waals surface area contributed by atoms with E-state index in [0.717, 1.165) is 4.90 Å². The monoisotopic (exact) mass is 577 g/mol. The summed E-state index contributed by atoms with van der Waals surface area (Å²) in [5.41, 5.74) is -2.37. The lowest BCUT2D eigenvalue weighted by Gasteiger charge is -2.28. The van der Waals surface area contributed by atoms with Crippen LogP contribution in [0.2, 0.25) is 0 Å². The van der Waals surface area contributed by atoms with E-state index >= 15 is 0 Å². The molecule has 0 radical (unpaired) electrons. The second kappa shape index (κ2) is 13.6. The van der Waals surface area contributed by atoms with Crippen LogP contribution in [0.25, 0.3) is 0 Å². The zero-order chi connectivity index (χ0) is 28.7. The third kappa shape index (κ3) is 10.4. The third-order valence-electron chi connectivity index (χ3n) is 5.75. The Kier molecular flexibility index (Phi) is 11.4. The molecule has 214 valence electrons. The zero-order valence-corrected chi connectivity index (χ0v) is 23.4. The van der Waals surface area contributed by atoms with Gasteiger partial charge in [-0.2, -0.15) is 8.42 Å². The van der Waals surface area contributed by atoms with Gasteiger partial charge in [-0.15, -0.1) is 11.8 Å². The Morgan fingerprint density at radius 3 is 2.39 bits per heavy atom. The normalized spacial score (nSPS) is 18.4. The molecular formula is C24H36FN3O8S2. The number of carbonyl (C=O) groups is 3. The van der Waals surface area contributed by atoms with Crippen LogP contribution >= 0.6 is 11.8 Å². The lowest BCUT2D eigenvalue weighted by Crippen LogP contribution is -2.55. The fourth-order valence-corrected chi connectivity index (χ4v) is 5.51. The summed E-state index contributed by atoms with van der Waals surface area (Å²) in [6, 6.07) is 3.22. The molecule has 1 aliphatic heterocycles. The Labute approximate surface area is 226 Å². The van der Waals surface area contributed by atoms with Crippen molar-refractivity contribution in [1.82, 2.24) is 16.0 Å². The maximum Gasteiger partial charge on any atom is 0.407 e. The number of aliphatic hydroxyl groups is 1. The first-order chi connectivity index (χ1) is 17.6. The average molecular weight is 578 g/mol. The maximum absolute atomic E-state index is 13.2. The SMILES string of the molecule is CC(C)C[C@H](NC(=O)OCC(C)(C)Sc1ccc(F)cc1)C(=O)N[C@@H](C[C@@H]1CCNC1=O)[C@H](O)S(=O)(=O)O. The molecule has 0 saturated carbocycles. The number of alkyl carbamates (subject to hydrolysis) is 1. The number of ether oxygens (including phenoxy) is 1. The molecule has 1 fully saturated rings. The van der Waals surface area contributed by atoms with Gasteiger partial charge in [-0.3, -0.25) is 14.1 Å². The highest BCUT2D eigenvalue weighted by Gasteiger charge is 2.38. The third-order valence-corrected chi connectivity index (χ3v) is 7.87. The van der Waals surface area contributed by atoms with Crippen LogP contribution in [-0.4, -0.2) is 71.4 Å². The van der Waals surface area contributed by atoms with E-state index in [1.54, 1.807) is 12.1 Å². The first-order valence-electron chi connectivity index (χ1n) is 12.2. The molecule has 0 spiro atoms. The van der Waals surface area contributed by atoms with Gasteiger partial charge >= 0.3 is 6.09 Å². The average Bonchev–Trinajstić information content (AvgIpc) is 3.21. The fourth-order valence-electron chi connectivity index (χ4n) is 3.89. The van der Waals surface area contributed by atoms with Gasteiger partial charge in [-0.05, 0) is 63.3 Å². The van der Waals surface area contributed by atoms with E-state index in [2.05, 4.69) is 16.0 Å². The minimum absolute atomic E-state index is 0.0439. The number of halogens is 1. The van der Waals surface area contributed by atoms with Crippen molar-refractivity contribution in [3.63, 3.8) is 0 Å². The summed E-state index contributed by atoms with van der Waals surface area (Å²) in [6.45, 7) is 7.59. The van der Waals surface area contributed by atoms with Gasteiger partial charge in [0, 0.05) is 22.1 Å².